The van der Waals surface area contributed by atoms with Crippen molar-refractivity contribution >= 4 is 17.7 Å². The summed E-state index contributed by atoms with van der Waals surface area (Å²) in [7, 11) is 0. The molecule has 2 rings (SSSR count). The number of hydrogen-bond acceptors (Lipinski definition) is 3. The van der Waals surface area contributed by atoms with Crippen molar-refractivity contribution in [3.63, 3.8) is 0 Å². The van der Waals surface area contributed by atoms with Gasteiger partial charge in [-0.1, -0.05) is 24.3 Å². The first kappa shape index (κ1) is 14.2. The van der Waals surface area contributed by atoms with Crippen LogP contribution in [0.15, 0.2) is 48.5 Å². The highest BCUT2D eigenvalue weighted by atomic mass is 32.2. The van der Waals surface area contributed by atoms with Gasteiger partial charge < -0.3 is 5.11 Å². The van der Waals surface area contributed by atoms with E-state index in [9.17, 15) is 4.79 Å². The van der Waals surface area contributed by atoms with Crippen LogP contribution in [0.3, 0.4) is 0 Å². The maximum Gasteiger partial charge on any atom is 0.335 e. The number of carbonyl (C=O) groups is 1. The second-order valence-electron chi connectivity index (χ2n) is 4.31. The van der Waals surface area contributed by atoms with Crippen LogP contribution in [0.25, 0.3) is 0 Å². The van der Waals surface area contributed by atoms with Gasteiger partial charge in [0, 0.05) is 11.5 Å². The minimum absolute atomic E-state index is 0.321. The third-order valence-corrected chi connectivity index (χ3v) is 3.87. The van der Waals surface area contributed by atoms with Crippen LogP contribution in [0.4, 0.5) is 0 Å². The molecule has 0 fully saturated rings. The Kier molecular flexibility index (Phi) is 4.80. The number of benzene rings is 2. The van der Waals surface area contributed by atoms with Crippen LogP contribution >= 0.6 is 11.8 Å². The minimum Gasteiger partial charge on any atom is -0.478 e. The normalized spacial score (nSPS) is 9.95. The monoisotopic (exact) mass is 283 g/mol. The van der Waals surface area contributed by atoms with Crippen molar-refractivity contribution in [2.45, 2.75) is 11.5 Å². The van der Waals surface area contributed by atoms with E-state index in [0.717, 1.165) is 22.6 Å². The summed E-state index contributed by atoms with van der Waals surface area (Å²) in [5, 5.41) is 17.6. The predicted molar refractivity (Wildman–Crippen MR) is 79.6 cm³/mol. The van der Waals surface area contributed by atoms with Gasteiger partial charge in [-0.2, -0.15) is 17.0 Å². The first-order valence-corrected chi connectivity index (χ1v) is 7.23. The largest absolute Gasteiger partial charge is 0.478 e. The second-order valence-corrected chi connectivity index (χ2v) is 5.29. The van der Waals surface area contributed by atoms with Crippen molar-refractivity contribution in [2.75, 3.05) is 0 Å². The van der Waals surface area contributed by atoms with E-state index in [1.807, 2.05) is 18.2 Å². The molecular formula is C16H13NO2S. The molecule has 0 radical (unpaired) electrons. The zero-order chi connectivity index (χ0) is 14.4. The molecule has 0 aliphatic rings. The van der Waals surface area contributed by atoms with E-state index < -0.39 is 5.97 Å². The fourth-order valence-corrected chi connectivity index (χ4v) is 2.70. The Hall–Kier alpha value is -2.25. The summed E-state index contributed by atoms with van der Waals surface area (Å²) in [4.78, 5) is 10.9. The van der Waals surface area contributed by atoms with Crippen LogP contribution in [-0.4, -0.2) is 11.1 Å². The molecule has 1 N–H and O–H groups in total. The Bertz CT molecular complexity index is 644. The number of nitrogens with zero attached hydrogens (tertiary/aromatic N) is 1. The van der Waals surface area contributed by atoms with E-state index in [0.29, 0.717) is 11.1 Å². The molecule has 2 aromatic rings. The van der Waals surface area contributed by atoms with Crippen molar-refractivity contribution in [1.82, 2.24) is 0 Å². The van der Waals surface area contributed by atoms with Gasteiger partial charge in [-0.25, -0.2) is 4.79 Å². The Morgan fingerprint density at radius 3 is 2.45 bits per heavy atom. The number of thioether (sulfide) groups is 1. The molecule has 0 amide bonds. The smallest absolute Gasteiger partial charge is 0.335 e. The SMILES string of the molecule is N#Cc1ccc(CSCc2cccc(C(=O)O)c2)cc1. The summed E-state index contributed by atoms with van der Waals surface area (Å²) in [6, 6.07) is 16.6. The van der Waals surface area contributed by atoms with Gasteiger partial charge in [-0.05, 0) is 35.4 Å². The molecule has 0 unspecified atom stereocenters. The van der Waals surface area contributed by atoms with Gasteiger partial charge >= 0.3 is 5.97 Å². The van der Waals surface area contributed by atoms with Gasteiger partial charge in [0.05, 0.1) is 17.2 Å². The lowest BCUT2D eigenvalue weighted by Gasteiger charge is -2.04. The van der Waals surface area contributed by atoms with Crippen molar-refractivity contribution in [2.24, 2.45) is 0 Å². The number of carboxylic acid groups (broad SMARTS) is 1. The van der Waals surface area contributed by atoms with Gasteiger partial charge in [0.15, 0.2) is 0 Å². The van der Waals surface area contributed by atoms with E-state index in [2.05, 4.69) is 6.07 Å². The molecular weight excluding hydrogens is 270 g/mol. The lowest BCUT2D eigenvalue weighted by Crippen LogP contribution is -1.96. The minimum atomic E-state index is -0.899. The van der Waals surface area contributed by atoms with E-state index in [4.69, 9.17) is 10.4 Å². The number of nitriles is 1. The third kappa shape index (κ3) is 3.87. The maximum atomic E-state index is 10.9. The number of rotatable bonds is 5. The number of carboxylic acids is 1. The quantitative estimate of drug-likeness (QED) is 0.909. The number of hydrogen-bond donors (Lipinski definition) is 1. The van der Waals surface area contributed by atoms with Crippen molar-refractivity contribution in [1.29, 1.82) is 5.26 Å². The molecule has 20 heavy (non-hydrogen) atoms. The molecule has 3 nitrogen and oxygen atoms in total. The molecule has 0 saturated carbocycles. The lowest BCUT2D eigenvalue weighted by atomic mass is 10.1. The van der Waals surface area contributed by atoms with Gasteiger partial charge in [0.2, 0.25) is 0 Å². The van der Waals surface area contributed by atoms with Gasteiger partial charge in [-0.15, -0.1) is 0 Å². The fourth-order valence-electron chi connectivity index (χ4n) is 1.76. The molecule has 0 atom stereocenters. The average Bonchev–Trinajstić information content (AvgIpc) is 2.48. The van der Waals surface area contributed by atoms with Crippen molar-refractivity contribution in [3.05, 3.63) is 70.8 Å². The Morgan fingerprint density at radius 1 is 1.10 bits per heavy atom. The van der Waals surface area contributed by atoms with Crippen LogP contribution in [0.5, 0.6) is 0 Å². The standard InChI is InChI=1S/C16H13NO2S/c17-9-12-4-6-13(7-5-12)10-20-11-14-2-1-3-15(8-14)16(18)19/h1-8H,10-11H2,(H,18,19). The van der Waals surface area contributed by atoms with Gasteiger partial charge in [0.1, 0.15) is 0 Å². The Balaban J connectivity index is 1.90. The molecule has 0 bridgehead atoms. The van der Waals surface area contributed by atoms with E-state index in [-0.39, 0.29) is 0 Å². The highest BCUT2D eigenvalue weighted by Gasteiger charge is 2.03. The van der Waals surface area contributed by atoms with Crippen LogP contribution in [0, 0.1) is 11.3 Å². The molecule has 2 aromatic carbocycles. The average molecular weight is 283 g/mol. The van der Waals surface area contributed by atoms with Crippen LogP contribution < -0.4 is 0 Å². The molecule has 0 saturated heterocycles. The van der Waals surface area contributed by atoms with Crippen LogP contribution in [0.1, 0.15) is 27.0 Å². The molecule has 0 aliphatic carbocycles. The Labute approximate surface area is 121 Å². The fraction of sp³-hybridized carbons (Fsp3) is 0.125. The summed E-state index contributed by atoms with van der Waals surface area (Å²) in [5.41, 5.74) is 3.14. The summed E-state index contributed by atoms with van der Waals surface area (Å²) in [6.07, 6.45) is 0. The first-order valence-electron chi connectivity index (χ1n) is 6.08. The molecule has 4 heteroatoms. The molecule has 0 aromatic heterocycles. The van der Waals surface area contributed by atoms with Crippen LogP contribution in [0.2, 0.25) is 0 Å². The summed E-state index contributed by atoms with van der Waals surface area (Å²) in [5.74, 6) is 0.702. The van der Waals surface area contributed by atoms with E-state index >= 15 is 0 Å². The third-order valence-electron chi connectivity index (χ3n) is 2.79. The summed E-state index contributed by atoms with van der Waals surface area (Å²) < 4.78 is 0. The lowest BCUT2D eigenvalue weighted by molar-refractivity contribution is 0.0697. The zero-order valence-corrected chi connectivity index (χ0v) is 11.6. The van der Waals surface area contributed by atoms with Crippen LogP contribution in [-0.2, 0) is 11.5 Å². The van der Waals surface area contributed by atoms with Gasteiger partial charge in [0.25, 0.3) is 0 Å². The first-order chi connectivity index (χ1) is 9.69. The molecule has 0 heterocycles. The van der Waals surface area contributed by atoms with Crippen molar-refractivity contribution in [3.8, 4) is 6.07 Å². The maximum absolute atomic E-state index is 10.9. The van der Waals surface area contributed by atoms with Crippen molar-refractivity contribution < 1.29 is 9.90 Å². The second kappa shape index (κ2) is 6.78. The topological polar surface area (TPSA) is 61.1 Å². The molecule has 0 spiro atoms. The highest BCUT2D eigenvalue weighted by molar-refractivity contribution is 7.97. The zero-order valence-electron chi connectivity index (χ0n) is 10.7. The van der Waals surface area contributed by atoms with E-state index in [1.54, 1.807) is 42.1 Å². The Morgan fingerprint density at radius 2 is 1.80 bits per heavy atom. The summed E-state index contributed by atoms with van der Waals surface area (Å²) >= 11 is 1.72. The van der Waals surface area contributed by atoms with Gasteiger partial charge in [-0.3, -0.25) is 0 Å². The summed E-state index contributed by atoms with van der Waals surface area (Å²) in [6.45, 7) is 0. The molecule has 0 aliphatic heterocycles. The molecule has 100 valence electrons. The number of aromatic carboxylic acids is 1. The predicted octanol–water partition coefficient (Wildman–Crippen LogP) is 3.69. The highest BCUT2D eigenvalue weighted by Crippen LogP contribution is 2.19. The van der Waals surface area contributed by atoms with E-state index in [1.165, 1.54) is 0 Å².